The number of benzene rings is 2. The molecule has 2 aromatic rings. The Kier molecular flexibility index (Phi) is 7.36. The third-order valence-electron chi connectivity index (χ3n) is 3.41. The molecule has 0 heterocycles. The Labute approximate surface area is 187 Å². The van der Waals surface area contributed by atoms with Gasteiger partial charge in [-0.05, 0) is 23.8 Å². The maximum Gasteiger partial charge on any atom is 0.499 e. The molecule has 0 aliphatic heterocycles. The Balaban J connectivity index is 2.53. The molecule has 0 aliphatic rings. The minimum atomic E-state index is -6.08. The predicted octanol–water partition coefficient (Wildman–Crippen LogP) is 8.74. The van der Waals surface area contributed by atoms with E-state index in [0.29, 0.717) is 0 Å². The number of ether oxygens (including phenoxy) is 2. The lowest BCUT2D eigenvalue weighted by atomic mass is 10.0. The van der Waals surface area contributed by atoms with Crippen molar-refractivity contribution >= 4 is 46.4 Å². The molecule has 0 amide bonds. The molecule has 2 aromatic carbocycles. The fourth-order valence-corrected chi connectivity index (χ4v) is 3.15. The van der Waals surface area contributed by atoms with Crippen LogP contribution in [0.1, 0.15) is 0 Å². The highest BCUT2D eigenvalue weighted by atomic mass is 35.5. The van der Waals surface area contributed by atoms with Crippen molar-refractivity contribution in [1.29, 1.82) is 0 Å². The summed E-state index contributed by atoms with van der Waals surface area (Å²) in [5, 5.41) is -2.99. The molecule has 15 heteroatoms. The van der Waals surface area contributed by atoms with E-state index in [9.17, 15) is 39.5 Å². The Morgan fingerprint density at radius 1 is 0.710 bits per heavy atom. The molecular formula is C16H5Cl4F9O2. The van der Waals surface area contributed by atoms with Crippen molar-refractivity contribution in [3.63, 3.8) is 0 Å². The van der Waals surface area contributed by atoms with Gasteiger partial charge in [0.1, 0.15) is 0 Å². The first-order chi connectivity index (χ1) is 14.0. The van der Waals surface area contributed by atoms with Crippen LogP contribution in [0.3, 0.4) is 0 Å². The van der Waals surface area contributed by atoms with E-state index < -0.39 is 56.4 Å². The van der Waals surface area contributed by atoms with Gasteiger partial charge in [-0.3, -0.25) is 0 Å². The number of alkyl halides is 9. The first-order valence-electron chi connectivity index (χ1n) is 7.44. The van der Waals surface area contributed by atoms with E-state index in [1.54, 1.807) is 0 Å². The van der Waals surface area contributed by atoms with E-state index in [2.05, 4.69) is 9.47 Å². The van der Waals surface area contributed by atoms with Crippen LogP contribution in [0.25, 0.3) is 11.1 Å². The second kappa shape index (κ2) is 8.84. The molecule has 0 aromatic heterocycles. The van der Waals surface area contributed by atoms with Crippen LogP contribution in [0, 0.1) is 0 Å². The predicted molar refractivity (Wildman–Crippen MR) is 95.1 cm³/mol. The normalized spacial score (nSPS) is 13.0. The molecule has 0 aliphatic carbocycles. The number of rotatable bonds is 6. The quantitative estimate of drug-likeness (QED) is 0.340. The SMILES string of the molecule is FC(F)C(F)(F)Oc1c(Cl)ccc(-c2cc(Cl)c(OC(F)(F)C(F)(F)F)c(Cl)c2)c1Cl. The third-order valence-corrected chi connectivity index (χ3v) is 4.65. The van der Waals surface area contributed by atoms with Gasteiger partial charge in [-0.2, -0.15) is 39.5 Å². The van der Waals surface area contributed by atoms with Crippen molar-refractivity contribution in [3.05, 3.63) is 44.4 Å². The Bertz CT molecular complexity index is 957. The number of hydrogen-bond donors (Lipinski definition) is 0. The minimum Gasteiger partial charge on any atom is -0.425 e. The highest BCUT2D eigenvalue weighted by molar-refractivity contribution is 6.40. The summed E-state index contributed by atoms with van der Waals surface area (Å²) in [7, 11) is 0. The zero-order valence-corrected chi connectivity index (χ0v) is 17.1. The van der Waals surface area contributed by atoms with Crippen LogP contribution in [0.15, 0.2) is 24.3 Å². The van der Waals surface area contributed by atoms with Gasteiger partial charge in [0.25, 0.3) is 0 Å². The van der Waals surface area contributed by atoms with Gasteiger partial charge in [-0.25, -0.2) is 0 Å². The van der Waals surface area contributed by atoms with Gasteiger partial charge in [0.2, 0.25) is 0 Å². The summed E-state index contributed by atoms with van der Waals surface area (Å²) in [6, 6.07) is 3.52. The van der Waals surface area contributed by atoms with Crippen molar-refractivity contribution in [3.8, 4) is 22.6 Å². The van der Waals surface area contributed by atoms with Crippen LogP contribution >= 0.6 is 46.4 Å². The summed E-state index contributed by atoms with van der Waals surface area (Å²) in [6.07, 6.45) is -20.9. The summed E-state index contributed by atoms with van der Waals surface area (Å²) in [4.78, 5) is 0. The molecule has 0 unspecified atom stereocenters. The van der Waals surface area contributed by atoms with Gasteiger partial charge in [0, 0.05) is 5.56 Å². The molecule has 0 radical (unpaired) electrons. The second-order valence-corrected chi connectivity index (χ2v) is 7.19. The zero-order valence-electron chi connectivity index (χ0n) is 14.1. The Hall–Kier alpha value is -1.43. The van der Waals surface area contributed by atoms with Crippen LogP contribution < -0.4 is 9.47 Å². The van der Waals surface area contributed by atoms with Gasteiger partial charge in [-0.15, -0.1) is 0 Å². The lowest BCUT2D eigenvalue weighted by Crippen LogP contribution is -2.42. The Morgan fingerprint density at radius 2 is 1.23 bits per heavy atom. The molecular weight excluding hydrogens is 537 g/mol. The highest BCUT2D eigenvalue weighted by Gasteiger charge is 2.61. The van der Waals surface area contributed by atoms with Crippen LogP contribution in [0.4, 0.5) is 39.5 Å². The van der Waals surface area contributed by atoms with E-state index >= 15 is 0 Å². The lowest BCUT2D eigenvalue weighted by molar-refractivity contribution is -0.360. The van der Waals surface area contributed by atoms with Crippen molar-refractivity contribution in [2.24, 2.45) is 0 Å². The molecule has 172 valence electrons. The molecule has 0 bridgehead atoms. The summed E-state index contributed by atoms with van der Waals surface area (Å²) < 4.78 is 122. The topological polar surface area (TPSA) is 18.5 Å². The zero-order chi connectivity index (χ0) is 23.9. The van der Waals surface area contributed by atoms with Crippen molar-refractivity contribution in [1.82, 2.24) is 0 Å². The van der Waals surface area contributed by atoms with Gasteiger partial charge in [-0.1, -0.05) is 52.5 Å². The van der Waals surface area contributed by atoms with E-state index in [-0.39, 0.29) is 11.1 Å². The molecule has 2 rings (SSSR count). The molecule has 0 fully saturated rings. The van der Waals surface area contributed by atoms with Gasteiger partial charge >= 0.3 is 24.8 Å². The fraction of sp³-hybridized carbons (Fsp3) is 0.250. The van der Waals surface area contributed by atoms with E-state index in [1.165, 1.54) is 0 Å². The molecule has 0 spiro atoms. The Morgan fingerprint density at radius 3 is 1.68 bits per heavy atom. The van der Waals surface area contributed by atoms with Crippen LogP contribution in [-0.4, -0.2) is 24.8 Å². The fourth-order valence-electron chi connectivity index (χ4n) is 2.03. The van der Waals surface area contributed by atoms with Crippen molar-refractivity contribution in [2.45, 2.75) is 24.8 Å². The van der Waals surface area contributed by atoms with E-state index in [4.69, 9.17) is 46.4 Å². The molecule has 31 heavy (non-hydrogen) atoms. The number of hydrogen-bond acceptors (Lipinski definition) is 2. The highest BCUT2D eigenvalue weighted by Crippen LogP contribution is 2.47. The first-order valence-corrected chi connectivity index (χ1v) is 8.95. The van der Waals surface area contributed by atoms with Crippen molar-refractivity contribution < 1.29 is 49.0 Å². The average Bonchev–Trinajstić information content (AvgIpc) is 2.60. The van der Waals surface area contributed by atoms with Gasteiger partial charge in [0.05, 0.1) is 20.1 Å². The summed E-state index contributed by atoms with van der Waals surface area (Å²) in [5.74, 6) is -2.29. The van der Waals surface area contributed by atoms with Gasteiger partial charge < -0.3 is 9.47 Å². The third kappa shape index (κ3) is 5.50. The monoisotopic (exact) mass is 540 g/mol. The number of halogens is 13. The smallest absolute Gasteiger partial charge is 0.425 e. The summed E-state index contributed by atoms with van der Waals surface area (Å²) >= 11 is 22.9. The van der Waals surface area contributed by atoms with Crippen LogP contribution in [0.2, 0.25) is 20.1 Å². The van der Waals surface area contributed by atoms with Crippen LogP contribution in [-0.2, 0) is 0 Å². The molecule has 0 N–H and O–H groups in total. The molecule has 0 saturated carbocycles. The summed E-state index contributed by atoms with van der Waals surface area (Å²) in [6.45, 7) is 0. The molecule has 0 atom stereocenters. The standard InChI is InChI=1S/C16H5Cl4F9O2/c17-7-2-1-6(10(20)12(7)30-14(23,24)13(21)22)5-3-8(18)11(9(19)4-5)31-16(28,29)15(25,26)27/h1-4,13H. The first kappa shape index (κ1) is 25.8. The maximum atomic E-state index is 13.3. The lowest BCUT2D eigenvalue weighted by Gasteiger charge is -2.22. The molecule has 0 saturated heterocycles. The molecule has 2 nitrogen and oxygen atoms in total. The van der Waals surface area contributed by atoms with Gasteiger partial charge in [0.15, 0.2) is 11.5 Å². The van der Waals surface area contributed by atoms with E-state index in [0.717, 1.165) is 24.3 Å². The summed E-state index contributed by atoms with van der Waals surface area (Å²) in [5.41, 5.74) is -0.464. The minimum absolute atomic E-state index is 0.204. The van der Waals surface area contributed by atoms with Crippen LogP contribution in [0.5, 0.6) is 11.5 Å². The van der Waals surface area contributed by atoms with Crippen molar-refractivity contribution in [2.75, 3.05) is 0 Å². The average molecular weight is 542 g/mol. The largest absolute Gasteiger partial charge is 0.499 e. The van der Waals surface area contributed by atoms with E-state index in [1.807, 2.05) is 0 Å². The maximum absolute atomic E-state index is 13.3. The second-order valence-electron chi connectivity index (χ2n) is 5.59.